The van der Waals surface area contributed by atoms with E-state index in [4.69, 9.17) is 0 Å². The van der Waals surface area contributed by atoms with Crippen LogP contribution in [0.15, 0.2) is 65.7 Å². The van der Waals surface area contributed by atoms with Crippen molar-refractivity contribution in [2.45, 2.75) is 31.8 Å². The molecule has 1 aromatic heterocycles. The second kappa shape index (κ2) is 7.70. The molecule has 2 aromatic carbocycles. The lowest BCUT2D eigenvalue weighted by Crippen LogP contribution is -2.38. The summed E-state index contributed by atoms with van der Waals surface area (Å²) in [6.45, 7) is 6.16. The van der Waals surface area contributed by atoms with Crippen molar-refractivity contribution in [1.82, 2.24) is 4.98 Å². The molecule has 25 heavy (non-hydrogen) atoms. The first-order chi connectivity index (χ1) is 12.1. The zero-order chi connectivity index (χ0) is 17.8. The third kappa shape index (κ3) is 4.02. The van der Waals surface area contributed by atoms with Crippen molar-refractivity contribution in [3.05, 3.63) is 66.2 Å². The predicted octanol–water partition coefficient (Wildman–Crippen LogP) is 5.08. The number of carbonyl (C=O) groups excluding carboxylic acids is 1. The summed E-state index contributed by atoms with van der Waals surface area (Å²) in [5.41, 5.74) is 3.09. The van der Waals surface area contributed by atoms with Crippen molar-refractivity contribution in [3.63, 3.8) is 0 Å². The van der Waals surface area contributed by atoms with Crippen molar-refractivity contribution in [2.75, 3.05) is 10.7 Å². The topological polar surface area (TPSA) is 33.2 Å². The van der Waals surface area contributed by atoms with Crippen LogP contribution in [0.2, 0.25) is 0 Å². The van der Waals surface area contributed by atoms with Gasteiger partial charge in [-0.1, -0.05) is 48.2 Å². The van der Waals surface area contributed by atoms with Gasteiger partial charge >= 0.3 is 0 Å². The van der Waals surface area contributed by atoms with Gasteiger partial charge in [0.1, 0.15) is 0 Å². The Hall–Kier alpha value is -2.33. The van der Waals surface area contributed by atoms with Gasteiger partial charge in [0.15, 0.2) is 0 Å². The minimum absolute atomic E-state index is 0.0961. The Morgan fingerprint density at radius 1 is 1.08 bits per heavy atom. The van der Waals surface area contributed by atoms with Gasteiger partial charge in [-0.3, -0.25) is 4.79 Å². The molecule has 0 fully saturated rings. The molecular weight excluding hydrogens is 328 g/mol. The van der Waals surface area contributed by atoms with Gasteiger partial charge < -0.3 is 4.90 Å². The monoisotopic (exact) mass is 350 g/mol. The summed E-state index contributed by atoms with van der Waals surface area (Å²) in [7, 11) is 0. The molecule has 0 saturated carbocycles. The largest absolute Gasteiger partial charge is 0.309 e. The van der Waals surface area contributed by atoms with Gasteiger partial charge in [0.25, 0.3) is 0 Å². The van der Waals surface area contributed by atoms with Crippen LogP contribution >= 0.6 is 11.8 Å². The van der Waals surface area contributed by atoms with Gasteiger partial charge in [0.05, 0.1) is 16.3 Å². The zero-order valence-corrected chi connectivity index (χ0v) is 15.6. The van der Waals surface area contributed by atoms with Gasteiger partial charge in [-0.05, 0) is 50.6 Å². The molecule has 0 aliphatic carbocycles. The number of amides is 1. The summed E-state index contributed by atoms with van der Waals surface area (Å²) >= 11 is 1.50. The zero-order valence-electron chi connectivity index (χ0n) is 14.8. The second-order valence-corrected chi connectivity index (χ2v) is 7.27. The van der Waals surface area contributed by atoms with Crippen molar-refractivity contribution < 1.29 is 4.79 Å². The van der Waals surface area contributed by atoms with E-state index in [0.29, 0.717) is 5.75 Å². The van der Waals surface area contributed by atoms with Gasteiger partial charge in [-0.25, -0.2) is 4.98 Å². The molecule has 0 bridgehead atoms. The van der Waals surface area contributed by atoms with Crippen LogP contribution in [0.4, 0.5) is 5.69 Å². The molecule has 128 valence electrons. The SMILES string of the molecule is Cc1cc(SCC(=O)N(c2ccccc2)C(C)C)nc2ccccc12. The third-order valence-electron chi connectivity index (χ3n) is 4.06. The Kier molecular flexibility index (Phi) is 5.39. The maximum absolute atomic E-state index is 12.8. The number of para-hydroxylation sites is 2. The highest BCUT2D eigenvalue weighted by Crippen LogP contribution is 2.25. The number of hydrogen-bond donors (Lipinski definition) is 0. The summed E-state index contributed by atoms with van der Waals surface area (Å²) < 4.78 is 0. The lowest BCUT2D eigenvalue weighted by Gasteiger charge is -2.26. The third-order valence-corrected chi connectivity index (χ3v) is 4.96. The number of aryl methyl sites for hydroxylation is 1. The van der Waals surface area contributed by atoms with Crippen LogP contribution < -0.4 is 4.90 Å². The minimum Gasteiger partial charge on any atom is -0.309 e. The lowest BCUT2D eigenvalue weighted by molar-refractivity contribution is -0.116. The average Bonchev–Trinajstić information content (AvgIpc) is 2.61. The number of benzene rings is 2. The van der Waals surface area contributed by atoms with Crippen LogP contribution in [0, 0.1) is 6.92 Å². The van der Waals surface area contributed by atoms with E-state index in [-0.39, 0.29) is 11.9 Å². The molecule has 1 amide bonds. The number of rotatable bonds is 5. The van der Waals surface area contributed by atoms with E-state index < -0.39 is 0 Å². The molecule has 0 atom stereocenters. The normalized spacial score (nSPS) is 11.0. The van der Waals surface area contributed by atoms with E-state index in [1.54, 1.807) is 0 Å². The number of carbonyl (C=O) groups is 1. The smallest absolute Gasteiger partial charge is 0.237 e. The van der Waals surface area contributed by atoms with Crippen LogP contribution in [0.5, 0.6) is 0 Å². The minimum atomic E-state index is 0.0961. The molecule has 0 spiro atoms. The Balaban J connectivity index is 1.77. The highest BCUT2D eigenvalue weighted by atomic mass is 32.2. The van der Waals surface area contributed by atoms with Crippen molar-refractivity contribution in [1.29, 1.82) is 0 Å². The summed E-state index contributed by atoms with van der Waals surface area (Å²) in [6.07, 6.45) is 0. The lowest BCUT2D eigenvalue weighted by atomic mass is 10.1. The van der Waals surface area contributed by atoms with E-state index in [1.165, 1.54) is 17.3 Å². The van der Waals surface area contributed by atoms with E-state index in [2.05, 4.69) is 24.0 Å². The predicted molar refractivity (Wildman–Crippen MR) is 106 cm³/mol. The number of nitrogens with zero attached hydrogens (tertiary/aromatic N) is 2. The van der Waals surface area contributed by atoms with E-state index in [9.17, 15) is 4.79 Å². The second-order valence-electron chi connectivity index (χ2n) is 6.28. The van der Waals surface area contributed by atoms with Crippen LogP contribution in [0.3, 0.4) is 0 Å². The molecule has 0 radical (unpaired) electrons. The first-order valence-corrected chi connectivity index (χ1v) is 9.41. The number of hydrogen-bond acceptors (Lipinski definition) is 3. The van der Waals surface area contributed by atoms with E-state index >= 15 is 0 Å². The molecule has 0 aliphatic heterocycles. The first-order valence-electron chi connectivity index (χ1n) is 8.42. The molecule has 1 heterocycles. The Morgan fingerprint density at radius 2 is 1.76 bits per heavy atom. The van der Waals surface area contributed by atoms with Crippen LogP contribution in [-0.4, -0.2) is 22.7 Å². The molecule has 0 aliphatic rings. The summed E-state index contributed by atoms with van der Waals surface area (Å²) in [6, 6.07) is 20.1. The highest BCUT2D eigenvalue weighted by molar-refractivity contribution is 7.99. The number of thioether (sulfide) groups is 1. The summed E-state index contributed by atoms with van der Waals surface area (Å²) in [5.74, 6) is 0.469. The number of fused-ring (bicyclic) bond motifs is 1. The quantitative estimate of drug-likeness (QED) is 0.602. The number of pyridine rings is 1. The van der Waals surface area contributed by atoms with Crippen LogP contribution in [0.25, 0.3) is 10.9 Å². The van der Waals surface area contributed by atoms with Gasteiger partial charge in [-0.15, -0.1) is 0 Å². The van der Waals surface area contributed by atoms with Crippen LogP contribution in [-0.2, 0) is 4.79 Å². The van der Waals surface area contributed by atoms with Crippen molar-refractivity contribution in [3.8, 4) is 0 Å². The molecule has 0 unspecified atom stereocenters. The molecule has 4 heteroatoms. The maximum Gasteiger partial charge on any atom is 0.237 e. The molecular formula is C21H22N2OS. The summed E-state index contributed by atoms with van der Waals surface area (Å²) in [4.78, 5) is 19.3. The van der Waals surface area contributed by atoms with E-state index in [1.807, 2.05) is 67.3 Å². The van der Waals surface area contributed by atoms with Gasteiger partial charge in [0, 0.05) is 17.1 Å². The first kappa shape index (κ1) is 17.5. The highest BCUT2D eigenvalue weighted by Gasteiger charge is 2.19. The Bertz CT molecular complexity index is 877. The number of aromatic nitrogens is 1. The molecule has 3 nitrogen and oxygen atoms in total. The fraction of sp³-hybridized carbons (Fsp3) is 0.238. The maximum atomic E-state index is 12.8. The van der Waals surface area contributed by atoms with Crippen LogP contribution in [0.1, 0.15) is 19.4 Å². The standard InChI is InChI=1S/C21H22N2OS/c1-15(2)23(17-9-5-4-6-10-17)21(24)14-25-20-13-16(3)18-11-7-8-12-19(18)22-20/h4-13,15H,14H2,1-3H3. The van der Waals surface area contributed by atoms with Crippen molar-refractivity contribution >= 4 is 34.3 Å². The molecule has 0 N–H and O–H groups in total. The molecule has 0 saturated heterocycles. The number of anilines is 1. The fourth-order valence-corrected chi connectivity index (χ4v) is 3.75. The Labute approximate surface area is 153 Å². The Morgan fingerprint density at radius 3 is 2.48 bits per heavy atom. The van der Waals surface area contributed by atoms with E-state index in [0.717, 1.165) is 21.6 Å². The fourth-order valence-electron chi connectivity index (χ4n) is 2.92. The van der Waals surface area contributed by atoms with Gasteiger partial charge in [-0.2, -0.15) is 0 Å². The van der Waals surface area contributed by atoms with Gasteiger partial charge in [0.2, 0.25) is 5.91 Å². The molecule has 3 aromatic rings. The average molecular weight is 350 g/mol. The van der Waals surface area contributed by atoms with Crippen molar-refractivity contribution in [2.24, 2.45) is 0 Å². The summed E-state index contributed by atoms with van der Waals surface area (Å²) in [5, 5.41) is 2.05. The molecule has 3 rings (SSSR count).